The zero-order valence-electron chi connectivity index (χ0n) is 4.42. The molecule has 3 N–H and O–H groups in total. The molecule has 0 saturated carbocycles. The van der Waals surface area contributed by atoms with Crippen molar-refractivity contribution in [2.24, 2.45) is 0 Å². The van der Waals surface area contributed by atoms with E-state index < -0.39 is 5.97 Å². The second-order valence-corrected chi connectivity index (χ2v) is 1.48. The number of aromatic nitrogens is 2. The molecule has 5 nitrogen and oxygen atoms in total. The number of H-pyrrole nitrogens is 1. The zero-order valence-corrected chi connectivity index (χ0v) is 4.42. The Morgan fingerprint density at radius 2 is 2.56 bits per heavy atom. The third kappa shape index (κ3) is 0.835. The van der Waals surface area contributed by atoms with Crippen LogP contribution in [0, 0.1) is 0 Å². The summed E-state index contributed by atoms with van der Waals surface area (Å²) in [5.74, 6) is -1.30. The molecule has 9 heavy (non-hydrogen) atoms. The first-order valence-electron chi connectivity index (χ1n) is 2.22. The van der Waals surface area contributed by atoms with Crippen molar-refractivity contribution >= 4 is 11.8 Å². The number of nitrogens with zero attached hydrogens (tertiary/aromatic N) is 1. The van der Waals surface area contributed by atoms with E-state index in [4.69, 9.17) is 5.73 Å². The third-order valence-corrected chi connectivity index (χ3v) is 0.889. The Bertz CT molecular complexity index is 229. The zero-order chi connectivity index (χ0) is 6.85. The van der Waals surface area contributed by atoms with Crippen LogP contribution in [0.25, 0.3) is 0 Å². The minimum Gasteiger partial charge on any atom is -0.545 e. The molecule has 0 aliphatic carbocycles. The fraction of sp³-hybridized carbons (Fsp3) is 0. The lowest BCUT2D eigenvalue weighted by Crippen LogP contribution is -2.22. The van der Waals surface area contributed by atoms with E-state index in [1.807, 2.05) is 0 Å². The summed E-state index contributed by atoms with van der Waals surface area (Å²) in [5.41, 5.74) is 5.00. The lowest BCUT2D eigenvalue weighted by atomic mass is 10.3. The van der Waals surface area contributed by atoms with Crippen molar-refractivity contribution in [3.63, 3.8) is 0 Å². The van der Waals surface area contributed by atoms with E-state index in [0.717, 1.165) is 6.20 Å². The lowest BCUT2D eigenvalue weighted by molar-refractivity contribution is -0.254. The molecule has 1 heterocycles. The SMILES string of the molecule is Nc1[nH]ncc1C(=O)[O-]. The molecule has 5 heteroatoms. The molecule has 0 aliphatic rings. The number of hydrogen-bond donors (Lipinski definition) is 2. The number of nitrogen functional groups attached to an aromatic ring is 1. The van der Waals surface area contributed by atoms with Crippen LogP contribution in [0.2, 0.25) is 0 Å². The molecule has 1 aromatic rings. The van der Waals surface area contributed by atoms with Gasteiger partial charge in [0, 0.05) is 0 Å². The summed E-state index contributed by atoms with van der Waals surface area (Å²) < 4.78 is 0. The van der Waals surface area contributed by atoms with Gasteiger partial charge in [-0.2, -0.15) is 5.10 Å². The molecule has 0 atom stereocenters. The van der Waals surface area contributed by atoms with Gasteiger partial charge in [-0.3, -0.25) is 5.10 Å². The van der Waals surface area contributed by atoms with Crippen molar-refractivity contribution in [3.8, 4) is 0 Å². The maximum Gasteiger partial charge on any atom is 0.128 e. The summed E-state index contributed by atoms with van der Waals surface area (Å²) in [6.45, 7) is 0. The Hall–Kier alpha value is -1.52. The predicted molar refractivity (Wildman–Crippen MR) is 27.3 cm³/mol. The predicted octanol–water partition coefficient (Wildman–Crippen LogP) is -1.64. The van der Waals surface area contributed by atoms with Crippen LogP contribution in [0.4, 0.5) is 5.82 Å². The summed E-state index contributed by atoms with van der Waals surface area (Å²) in [6, 6.07) is 0. The van der Waals surface area contributed by atoms with Gasteiger partial charge in [-0.25, -0.2) is 0 Å². The molecule has 0 fully saturated rings. The summed E-state index contributed by atoms with van der Waals surface area (Å²) in [6.07, 6.45) is 1.10. The number of carboxylic acids is 1. The van der Waals surface area contributed by atoms with Gasteiger partial charge in [0.25, 0.3) is 0 Å². The highest BCUT2D eigenvalue weighted by Crippen LogP contribution is 2.02. The fourth-order valence-electron chi connectivity index (χ4n) is 0.459. The topological polar surface area (TPSA) is 94.8 Å². The van der Waals surface area contributed by atoms with Gasteiger partial charge < -0.3 is 15.6 Å². The standard InChI is InChI=1S/C4H5N3O2/c5-3-2(4(8)9)1-6-7-3/h1H,(H,8,9)(H3,5,6,7)/p-1. The Morgan fingerprint density at radius 3 is 2.78 bits per heavy atom. The fourth-order valence-corrected chi connectivity index (χ4v) is 0.459. The molecule has 48 valence electrons. The van der Waals surface area contributed by atoms with E-state index in [1.54, 1.807) is 0 Å². The monoisotopic (exact) mass is 126 g/mol. The van der Waals surface area contributed by atoms with Crippen LogP contribution in [0.15, 0.2) is 6.20 Å². The minimum atomic E-state index is -1.32. The summed E-state index contributed by atoms with van der Waals surface area (Å²) in [4.78, 5) is 10.0. The summed E-state index contributed by atoms with van der Waals surface area (Å²) in [7, 11) is 0. The average Bonchev–Trinajstić information content (AvgIpc) is 2.13. The van der Waals surface area contributed by atoms with Crippen LogP contribution in [0.3, 0.4) is 0 Å². The van der Waals surface area contributed by atoms with E-state index in [0.29, 0.717) is 0 Å². The first-order valence-corrected chi connectivity index (χ1v) is 2.22. The van der Waals surface area contributed by atoms with Gasteiger partial charge in [0.1, 0.15) is 5.82 Å². The number of carbonyl (C=O) groups is 1. The number of carboxylic acid groups (broad SMARTS) is 1. The maximum atomic E-state index is 10.0. The van der Waals surface area contributed by atoms with Crippen molar-refractivity contribution in [2.75, 3.05) is 5.73 Å². The number of nitrogens with one attached hydrogen (secondary N) is 1. The third-order valence-electron chi connectivity index (χ3n) is 0.889. The molecular weight excluding hydrogens is 122 g/mol. The molecule has 1 aromatic heterocycles. The van der Waals surface area contributed by atoms with Crippen molar-refractivity contribution in [3.05, 3.63) is 11.8 Å². The van der Waals surface area contributed by atoms with E-state index in [-0.39, 0.29) is 11.4 Å². The normalized spacial score (nSPS) is 9.33. The first-order chi connectivity index (χ1) is 4.22. The highest BCUT2D eigenvalue weighted by Gasteiger charge is 1.98. The molecule has 0 unspecified atom stereocenters. The number of aromatic carboxylic acids is 1. The number of aromatic amines is 1. The molecule has 0 amide bonds. The number of carbonyl (C=O) groups excluding carboxylic acids is 1. The Kier molecular flexibility index (Phi) is 1.11. The van der Waals surface area contributed by atoms with E-state index in [1.165, 1.54) is 0 Å². The largest absolute Gasteiger partial charge is 0.545 e. The number of nitrogens with two attached hydrogens (primary N) is 1. The van der Waals surface area contributed by atoms with Crippen molar-refractivity contribution in [1.82, 2.24) is 10.2 Å². The molecular formula is C4H4N3O2-. The smallest absolute Gasteiger partial charge is 0.128 e. The molecule has 1 rings (SSSR count). The highest BCUT2D eigenvalue weighted by atomic mass is 16.4. The lowest BCUT2D eigenvalue weighted by Gasteiger charge is -1.95. The molecule has 0 aromatic carbocycles. The van der Waals surface area contributed by atoms with Gasteiger partial charge in [0.05, 0.1) is 17.7 Å². The van der Waals surface area contributed by atoms with Gasteiger partial charge in [0.15, 0.2) is 0 Å². The average molecular weight is 126 g/mol. The van der Waals surface area contributed by atoms with Gasteiger partial charge >= 0.3 is 0 Å². The van der Waals surface area contributed by atoms with Crippen LogP contribution in [-0.4, -0.2) is 16.2 Å². The summed E-state index contributed by atoms with van der Waals surface area (Å²) >= 11 is 0. The van der Waals surface area contributed by atoms with E-state index in [2.05, 4.69) is 10.2 Å². The molecule has 0 radical (unpaired) electrons. The van der Waals surface area contributed by atoms with E-state index >= 15 is 0 Å². The van der Waals surface area contributed by atoms with Crippen LogP contribution in [0.1, 0.15) is 10.4 Å². The highest BCUT2D eigenvalue weighted by molar-refractivity contribution is 5.90. The molecule has 0 spiro atoms. The molecule has 0 aliphatic heterocycles. The van der Waals surface area contributed by atoms with Crippen molar-refractivity contribution in [1.29, 1.82) is 0 Å². The van der Waals surface area contributed by atoms with Gasteiger partial charge in [-0.05, 0) is 0 Å². The number of anilines is 1. The first kappa shape index (κ1) is 5.61. The second kappa shape index (κ2) is 1.77. The van der Waals surface area contributed by atoms with Crippen molar-refractivity contribution < 1.29 is 9.90 Å². The molecule has 0 bridgehead atoms. The summed E-state index contributed by atoms with van der Waals surface area (Å²) in [5, 5.41) is 15.7. The Balaban J connectivity index is 3.08. The number of hydrogen-bond acceptors (Lipinski definition) is 4. The van der Waals surface area contributed by atoms with Gasteiger partial charge in [-0.1, -0.05) is 0 Å². The quantitative estimate of drug-likeness (QED) is 0.471. The number of rotatable bonds is 1. The minimum absolute atomic E-state index is 0.0231. The van der Waals surface area contributed by atoms with Crippen LogP contribution in [0.5, 0.6) is 0 Å². The van der Waals surface area contributed by atoms with Gasteiger partial charge in [-0.15, -0.1) is 0 Å². The Morgan fingerprint density at radius 1 is 1.89 bits per heavy atom. The van der Waals surface area contributed by atoms with Crippen LogP contribution >= 0.6 is 0 Å². The molecule has 0 saturated heterocycles. The van der Waals surface area contributed by atoms with Crippen LogP contribution in [-0.2, 0) is 0 Å². The Labute approximate surface area is 50.5 Å². The maximum absolute atomic E-state index is 10.0. The van der Waals surface area contributed by atoms with Crippen molar-refractivity contribution in [2.45, 2.75) is 0 Å². The second-order valence-electron chi connectivity index (χ2n) is 1.48. The van der Waals surface area contributed by atoms with Crippen LogP contribution < -0.4 is 10.8 Å². The van der Waals surface area contributed by atoms with Gasteiger partial charge in [0.2, 0.25) is 0 Å². The van der Waals surface area contributed by atoms with E-state index in [9.17, 15) is 9.90 Å².